The highest BCUT2D eigenvalue weighted by Gasteiger charge is 2.08. The summed E-state index contributed by atoms with van der Waals surface area (Å²) >= 11 is 0. The number of rotatable bonds is 2. The minimum Gasteiger partial charge on any atom is -0.256 e. The predicted octanol–water partition coefficient (Wildman–Crippen LogP) is 5.64. The van der Waals surface area contributed by atoms with Crippen LogP contribution in [0.4, 0.5) is 0 Å². The molecule has 0 aliphatic carbocycles. The summed E-state index contributed by atoms with van der Waals surface area (Å²) < 4.78 is 8.21. The smallest absolute Gasteiger partial charge is 0.0780 e. The summed E-state index contributed by atoms with van der Waals surface area (Å²) in [6, 6.07) is 14.8. The number of hydrogen-bond donors (Lipinski definition) is 0. The van der Waals surface area contributed by atoms with Gasteiger partial charge in [0.25, 0.3) is 0 Å². The van der Waals surface area contributed by atoms with Gasteiger partial charge < -0.3 is 0 Å². The molecule has 2 aromatic carbocycles. The second-order valence-electron chi connectivity index (χ2n) is 5.97. The number of aryl methyl sites for hydroxylation is 2. The molecule has 0 atom stereocenters. The molecule has 0 unspecified atom stereocenters. The Kier molecular flexibility index (Phi) is 3.19. The van der Waals surface area contributed by atoms with Gasteiger partial charge in [-0.15, -0.1) is 0 Å². The van der Waals surface area contributed by atoms with E-state index in [0.29, 0.717) is 0 Å². The second-order valence-corrected chi connectivity index (χ2v) is 5.97. The molecule has 3 rings (SSSR count). The van der Waals surface area contributed by atoms with Crippen molar-refractivity contribution in [2.24, 2.45) is 0 Å². The standard InChI is InChI=1S/C20H21N/c1-13(2)16-5-6-19-17(12-16)7-8-21-20(19)18-10-14(3)9-15(4)11-18/h5-13H,1-4H3/i13D. The molecule has 106 valence electrons. The van der Waals surface area contributed by atoms with Crippen LogP contribution < -0.4 is 0 Å². The van der Waals surface area contributed by atoms with Crippen LogP contribution in [0.25, 0.3) is 22.0 Å². The van der Waals surface area contributed by atoms with Crippen LogP contribution in [0.3, 0.4) is 0 Å². The first-order valence-corrected chi connectivity index (χ1v) is 7.32. The molecule has 0 spiro atoms. The van der Waals surface area contributed by atoms with E-state index in [1.807, 2.05) is 32.2 Å². The third kappa shape index (κ3) is 2.69. The van der Waals surface area contributed by atoms with E-state index >= 15 is 0 Å². The lowest BCUT2D eigenvalue weighted by atomic mass is 9.96. The second kappa shape index (κ2) is 5.33. The quantitative estimate of drug-likeness (QED) is 0.590. The average molecular weight is 276 g/mol. The third-order valence-corrected chi connectivity index (χ3v) is 3.84. The molecule has 21 heavy (non-hydrogen) atoms. The van der Waals surface area contributed by atoms with E-state index in [0.717, 1.165) is 27.6 Å². The Morgan fingerprint density at radius 1 is 0.952 bits per heavy atom. The van der Waals surface area contributed by atoms with Crippen molar-refractivity contribution in [3.05, 3.63) is 65.4 Å². The van der Waals surface area contributed by atoms with Crippen molar-refractivity contribution >= 4 is 10.8 Å². The largest absolute Gasteiger partial charge is 0.256 e. The van der Waals surface area contributed by atoms with Crippen LogP contribution in [-0.4, -0.2) is 4.98 Å². The highest BCUT2D eigenvalue weighted by molar-refractivity contribution is 5.95. The Morgan fingerprint density at radius 2 is 1.67 bits per heavy atom. The van der Waals surface area contributed by atoms with Gasteiger partial charge in [0.2, 0.25) is 0 Å². The van der Waals surface area contributed by atoms with Gasteiger partial charge in [-0.1, -0.05) is 49.2 Å². The fraction of sp³-hybridized carbons (Fsp3) is 0.250. The number of fused-ring (bicyclic) bond motifs is 1. The monoisotopic (exact) mass is 276 g/mol. The summed E-state index contributed by atoms with van der Waals surface area (Å²) in [5.41, 5.74) is 5.69. The van der Waals surface area contributed by atoms with Crippen molar-refractivity contribution in [1.82, 2.24) is 4.98 Å². The molecule has 0 saturated heterocycles. The van der Waals surface area contributed by atoms with Crippen molar-refractivity contribution < 1.29 is 1.37 Å². The van der Waals surface area contributed by atoms with Gasteiger partial charge in [0.1, 0.15) is 0 Å². The van der Waals surface area contributed by atoms with Gasteiger partial charge in [0.05, 0.1) is 5.69 Å². The maximum absolute atomic E-state index is 8.21. The number of hydrogen-bond acceptors (Lipinski definition) is 1. The van der Waals surface area contributed by atoms with Crippen LogP contribution in [0.2, 0.25) is 0 Å². The first-order valence-electron chi connectivity index (χ1n) is 7.82. The highest BCUT2D eigenvalue weighted by atomic mass is 14.7. The van der Waals surface area contributed by atoms with E-state index in [-0.39, 0.29) is 0 Å². The molecule has 0 radical (unpaired) electrons. The van der Waals surface area contributed by atoms with E-state index in [2.05, 4.69) is 49.2 Å². The van der Waals surface area contributed by atoms with Crippen LogP contribution in [-0.2, 0) is 0 Å². The Balaban J connectivity index is 2.23. The van der Waals surface area contributed by atoms with Crippen molar-refractivity contribution in [3.63, 3.8) is 0 Å². The van der Waals surface area contributed by atoms with Gasteiger partial charge in [-0.05, 0) is 48.9 Å². The summed E-state index contributed by atoms with van der Waals surface area (Å²) in [7, 11) is 0. The Morgan fingerprint density at radius 3 is 2.33 bits per heavy atom. The topological polar surface area (TPSA) is 12.9 Å². The molecule has 1 aromatic heterocycles. The molecule has 3 aromatic rings. The molecule has 1 heteroatoms. The van der Waals surface area contributed by atoms with Gasteiger partial charge in [-0.3, -0.25) is 4.98 Å². The maximum Gasteiger partial charge on any atom is 0.0780 e. The van der Waals surface area contributed by atoms with Crippen LogP contribution in [0, 0.1) is 13.8 Å². The molecule has 0 bridgehead atoms. The highest BCUT2D eigenvalue weighted by Crippen LogP contribution is 2.29. The van der Waals surface area contributed by atoms with Crippen LogP contribution in [0.1, 0.15) is 37.8 Å². The molecule has 0 aliphatic rings. The fourth-order valence-electron chi connectivity index (χ4n) is 2.83. The van der Waals surface area contributed by atoms with Crippen LogP contribution >= 0.6 is 0 Å². The number of benzene rings is 2. The summed E-state index contributed by atoms with van der Waals surface area (Å²) in [4.78, 5) is 4.60. The van der Waals surface area contributed by atoms with Gasteiger partial charge in [-0.25, -0.2) is 0 Å². The van der Waals surface area contributed by atoms with Gasteiger partial charge in [0, 0.05) is 18.5 Å². The Labute approximate surface area is 128 Å². The SMILES string of the molecule is [2H]C(C)(C)c1ccc2c(-c3cc(C)cc(C)c3)nccc2c1. The zero-order valence-corrected chi connectivity index (χ0v) is 13.1. The lowest BCUT2D eigenvalue weighted by Crippen LogP contribution is -1.91. The summed E-state index contributed by atoms with van der Waals surface area (Å²) in [5.74, 6) is -0.586. The lowest BCUT2D eigenvalue weighted by Gasteiger charge is -2.11. The minimum absolute atomic E-state index is 0.586. The normalized spacial score (nSPS) is 12.5. The van der Waals surface area contributed by atoms with Crippen molar-refractivity contribution in [3.8, 4) is 11.3 Å². The zero-order chi connectivity index (χ0) is 15.9. The third-order valence-electron chi connectivity index (χ3n) is 3.84. The molecular formula is C20H21N. The predicted molar refractivity (Wildman–Crippen MR) is 90.7 cm³/mol. The molecule has 1 heterocycles. The average Bonchev–Trinajstić information content (AvgIpc) is 2.44. The van der Waals surface area contributed by atoms with Crippen LogP contribution in [0.5, 0.6) is 0 Å². The number of nitrogens with zero attached hydrogens (tertiary/aromatic N) is 1. The first-order chi connectivity index (χ1) is 10.3. The number of pyridine rings is 1. The number of aromatic nitrogens is 1. The first kappa shape index (κ1) is 12.6. The van der Waals surface area contributed by atoms with Crippen molar-refractivity contribution in [2.75, 3.05) is 0 Å². The molecule has 1 nitrogen and oxygen atoms in total. The van der Waals surface area contributed by atoms with Crippen LogP contribution in [0.15, 0.2) is 48.7 Å². The summed E-state index contributed by atoms with van der Waals surface area (Å²) in [5, 5.41) is 2.28. The van der Waals surface area contributed by atoms with E-state index in [1.54, 1.807) is 0 Å². The fourth-order valence-corrected chi connectivity index (χ4v) is 2.83. The van der Waals surface area contributed by atoms with Crippen molar-refractivity contribution in [1.29, 1.82) is 0 Å². The molecular weight excluding hydrogens is 254 g/mol. The summed E-state index contributed by atoms with van der Waals surface area (Å²) in [6.45, 7) is 8.06. The van der Waals surface area contributed by atoms with Gasteiger partial charge in [-0.2, -0.15) is 0 Å². The lowest BCUT2D eigenvalue weighted by molar-refractivity contribution is 0.869. The molecule has 0 saturated carbocycles. The van der Waals surface area contributed by atoms with E-state index in [4.69, 9.17) is 1.37 Å². The Hall–Kier alpha value is -2.15. The van der Waals surface area contributed by atoms with Crippen molar-refractivity contribution in [2.45, 2.75) is 33.6 Å². The van der Waals surface area contributed by atoms with E-state index in [1.165, 1.54) is 11.1 Å². The maximum atomic E-state index is 8.21. The summed E-state index contributed by atoms with van der Waals surface area (Å²) in [6.07, 6.45) is 1.86. The molecule has 0 amide bonds. The van der Waals surface area contributed by atoms with Gasteiger partial charge in [0.15, 0.2) is 0 Å². The molecule has 0 N–H and O–H groups in total. The van der Waals surface area contributed by atoms with E-state index in [9.17, 15) is 0 Å². The van der Waals surface area contributed by atoms with E-state index < -0.39 is 5.89 Å². The van der Waals surface area contributed by atoms with Gasteiger partial charge >= 0.3 is 0 Å². The zero-order valence-electron chi connectivity index (χ0n) is 14.1. The Bertz CT molecular complexity index is 824. The molecule has 0 fully saturated rings. The minimum atomic E-state index is -0.586. The molecule has 0 aliphatic heterocycles.